The summed E-state index contributed by atoms with van der Waals surface area (Å²) < 4.78 is 40.1. The molecule has 0 aliphatic carbocycles. The van der Waals surface area contributed by atoms with Gasteiger partial charge in [-0.3, -0.25) is 9.59 Å². The highest BCUT2D eigenvalue weighted by Gasteiger charge is 2.33. The second-order valence-electron chi connectivity index (χ2n) is 6.05. The summed E-state index contributed by atoms with van der Waals surface area (Å²) in [6, 6.07) is 10.8. The fourth-order valence-corrected chi connectivity index (χ4v) is 2.81. The Bertz CT molecular complexity index is 822. The average Bonchev–Trinajstić information content (AvgIpc) is 2.61. The van der Waals surface area contributed by atoms with Crippen molar-refractivity contribution < 1.29 is 22.8 Å². The fourth-order valence-electron chi connectivity index (χ4n) is 2.54. The van der Waals surface area contributed by atoms with Crippen LogP contribution in [0.5, 0.6) is 0 Å². The Hall–Kier alpha value is -2.35. The highest BCUT2D eigenvalue weighted by molar-refractivity contribution is 9.10. The predicted octanol–water partition coefficient (Wildman–Crippen LogP) is 4.24. The highest BCUT2D eigenvalue weighted by Crippen LogP contribution is 2.32. The Labute approximate surface area is 163 Å². The molecule has 2 rings (SSSR count). The molecule has 2 aromatic carbocycles. The van der Waals surface area contributed by atoms with E-state index in [1.54, 1.807) is 24.3 Å². The van der Waals surface area contributed by atoms with E-state index in [0.29, 0.717) is 5.56 Å². The molecule has 0 aliphatic rings. The van der Waals surface area contributed by atoms with Crippen molar-refractivity contribution >= 4 is 27.7 Å². The zero-order chi connectivity index (χ0) is 20.2. The fraction of sp³-hybridized carbons (Fsp3) is 0.263. The summed E-state index contributed by atoms with van der Waals surface area (Å²) in [5.74, 6) is -0.926. The molecule has 0 unspecified atom stereocenters. The number of rotatable bonds is 5. The van der Waals surface area contributed by atoms with Gasteiger partial charge in [-0.25, -0.2) is 0 Å². The number of alkyl halides is 3. The topological polar surface area (TPSA) is 49.4 Å². The normalized spacial score (nSPS) is 12.4. The van der Waals surface area contributed by atoms with E-state index in [1.165, 1.54) is 32.2 Å². The second kappa shape index (κ2) is 8.56. The molecule has 0 saturated heterocycles. The molecule has 0 aromatic heterocycles. The largest absolute Gasteiger partial charge is 0.416 e. The molecule has 144 valence electrons. The van der Waals surface area contributed by atoms with Gasteiger partial charge in [-0.05, 0) is 42.8 Å². The number of halogens is 4. The van der Waals surface area contributed by atoms with Crippen LogP contribution < -0.4 is 5.32 Å². The molecule has 0 saturated carbocycles. The molecule has 0 radical (unpaired) electrons. The maximum absolute atomic E-state index is 13.1. The van der Waals surface area contributed by atoms with Crippen LogP contribution in [0.3, 0.4) is 0 Å². The minimum absolute atomic E-state index is 0.00714. The Morgan fingerprint density at radius 3 is 2.30 bits per heavy atom. The van der Waals surface area contributed by atoms with Gasteiger partial charge in [0.05, 0.1) is 5.56 Å². The van der Waals surface area contributed by atoms with Crippen molar-refractivity contribution in [2.45, 2.75) is 25.7 Å². The number of likely N-dealkylation sites (N-methyl/N-ethyl adjacent to an activating group) is 1. The van der Waals surface area contributed by atoms with E-state index < -0.39 is 29.6 Å². The van der Waals surface area contributed by atoms with Gasteiger partial charge in [0.15, 0.2) is 0 Å². The zero-order valence-electron chi connectivity index (χ0n) is 14.7. The molecule has 1 atom stereocenters. The number of nitrogens with zero attached hydrogens (tertiary/aromatic N) is 1. The van der Waals surface area contributed by atoms with Crippen molar-refractivity contribution in [2.75, 3.05) is 7.05 Å². The van der Waals surface area contributed by atoms with Crippen molar-refractivity contribution in [3.8, 4) is 0 Å². The van der Waals surface area contributed by atoms with Gasteiger partial charge in [0.1, 0.15) is 6.04 Å². The molecule has 0 aliphatic heterocycles. The van der Waals surface area contributed by atoms with Crippen molar-refractivity contribution in [3.05, 3.63) is 69.7 Å². The second-order valence-corrected chi connectivity index (χ2v) is 6.97. The Balaban J connectivity index is 2.04. The number of nitrogens with one attached hydrogen (secondary N) is 1. The minimum Gasteiger partial charge on any atom is -0.341 e. The summed E-state index contributed by atoms with van der Waals surface area (Å²) in [5, 5.41) is 2.56. The lowest BCUT2D eigenvalue weighted by Crippen LogP contribution is -2.45. The molecule has 1 N–H and O–H groups in total. The average molecular weight is 443 g/mol. The summed E-state index contributed by atoms with van der Waals surface area (Å²) in [6.45, 7) is 1.28. The molecule has 2 aromatic rings. The molecule has 0 heterocycles. The molecular weight excluding hydrogens is 425 g/mol. The number of amides is 2. The third-order valence-corrected chi connectivity index (χ3v) is 4.46. The van der Waals surface area contributed by atoms with Crippen LogP contribution in [0.1, 0.15) is 28.4 Å². The van der Waals surface area contributed by atoms with E-state index in [4.69, 9.17) is 0 Å². The number of benzene rings is 2. The molecule has 0 spiro atoms. The SMILES string of the molecule is C[C@H](NC(=O)c1ccc(Br)cc1)C(=O)N(C)Cc1ccccc1C(F)(F)F. The summed E-state index contributed by atoms with van der Waals surface area (Å²) >= 11 is 3.27. The Morgan fingerprint density at radius 2 is 1.70 bits per heavy atom. The molecule has 0 fully saturated rings. The molecule has 0 bridgehead atoms. The van der Waals surface area contributed by atoms with Crippen molar-refractivity contribution in [2.24, 2.45) is 0 Å². The van der Waals surface area contributed by atoms with Crippen LogP contribution in [0.2, 0.25) is 0 Å². The van der Waals surface area contributed by atoms with Gasteiger partial charge < -0.3 is 10.2 Å². The van der Waals surface area contributed by atoms with Crippen molar-refractivity contribution in [1.29, 1.82) is 0 Å². The first-order valence-electron chi connectivity index (χ1n) is 8.06. The van der Waals surface area contributed by atoms with Crippen LogP contribution >= 0.6 is 15.9 Å². The summed E-state index contributed by atoms with van der Waals surface area (Å²) in [5.41, 5.74) is -0.411. The number of hydrogen-bond acceptors (Lipinski definition) is 2. The van der Waals surface area contributed by atoms with E-state index in [9.17, 15) is 22.8 Å². The van der Waals surface area contributed by atoms with Crippen LogP contribution in [0.15, 0.2) is 53.0 Å². The third kappa shape index (κ3) is 5.56. The Kier molecular flexibility index (Phi) is 6.64. The van der Waals surface area contributed by atoms with Crippen LogP contribution in [0.25, 0.3) is 0 Å². The van der Waals surface area contributed by atoms with E-state index in [0.717, 1.165) is 15.4 Å². The monoisotopic (exact) mass is 442 g/mol. The standard InChI is InChI=1S/C19H18BrF3N2O2/c1-12(24-17(26)13-7-9-15(20)10-8-13)18(27)25(2)11-14-5-3-4-6-16(14)19(21,22)23/h3-10,12H,11H2,1-2H3,(H,24,26)/t12-/m0/s1. The maximum atomic E-state index is 13.1. The van der Waals surface area contributed by atoms with Gasteiger partial charge in [0.25, 0.3) is 5.91 Å². The van der Waals surface area contributed by atoms with Crippen molar-refractivity contribution in [1.82, 2.24) is 10.2 Å². The van der Waals surface area contributed by atoms with Gasteiger partial charge in [0.2, 0.25) is 5.91 Å². The van der Waals surface area contributed by atoms with Crippen LogP contribution in [-0.4, -0.2) is 29.8 Å². The molecule has 4 nitrogen and oxygen atoms in total. The van der Waals surface area contributed by atoms with E-state index in [-0.39, 0.29) is 12.1 Å². The van der Waals surface area contributed by atoms with Crippen LogP contribution in [0.4, 0.5) is 13.2 Å². The van der Waals surface area contributed by atoms with Gasteiger partial charge in [0, 0.05) is 23.6 Å². The number of carbonyl (C=O) groups is 2. The summed E-state index contributed by atoms with van der Waals surface area (Å²) in [4.78, 5) is 25.8. The molecule has 27 heavy (non-hydrogen) atoms. The lowest BCUT2D eigenvalue weighted by atomic mass is 10.1. The first kappa shape index (κ1) is 21.0. The van der Waals surface area contributed by atoms with E-state index in [1.807, 2.05) is 0 Å². The zero-order valence-corrected chi connectivity index (χ0v) is 16.3. The van der Waals surface area contributed by atoms with Gasteiger partial charge >= 0.3 is 6.18 Å². The van der Waals surface area contributed by atoms with E-state index in [2.05, 4.69) is 21.2 Å². The Morgan fingerprint density at radius 1 is 1.11 bits per heavy atom. The first-order valence-corrected chi connectivity index (χ1v) is 8.85. The smallest absolute Gasteiger partial charge is 0.341 e. The van der Waals surface area contributed by atoms with Gasteiger partial charge in [-0.1, -0.05) is 34.1 Å². The van der Waals surface area contributed by atoms with Crippen LogP contribution in [0, 0.1) is 0 Å². The number of hydrogen-bond donors (Lipinski definition) is 1. The predicted molar refractivity (Wildman–Crippen MR) is 99.0 cm³/mol. The first-order chi connectivity index (χ1) is 12.6. The lowest BCUT2D eigenvalue weighted by Gasteiger charge is -2.23. The molecule has 8 heteroatoms. The minimum atomic E-state index is -4.50. The van der Waals surface area contributed by atoms with Crippen molar-refractivity contribution in [3.63, 3.8) is 0 Å². The maximum Gasteiger partial charge on any atom is 0.416 e. The molecular formula is C19H18BrF3N2O2. The number of carbonyl (C=O) groups excluding carboxylic acids is 2. The lowest BCUT2D eigenvalue weighted by molar-refractivity contribution is -0.139. The van der Waals surface area contributed by atoms with E-state index >= 15 is 0 Å². The summed E-state index contributed by atoms with van der Waals surface area (Å²) in [7, 11) is 1.40. The van der Waals surface area contributed by atoms with Gasteiger partial charge in [-0.15, -0.1) is 0 Å². The van der Waals surface area contributed by atoms with Crippen LogP contribution in [-0.2, 0) is 17.5 Å². The highest BCUT2D eigenvalue weighted by atomic mass is 79.9. The third-order valence-electron chi connectivity index (χ3n) is 3.93. The quantitative estimate of drug-likeness (QED) is 0.752. The van der Waals surface area contributed by atoms with Gasteiger partial charge in [-0.2, -0.15) is 13.2 Å². The summed E-state index contributed by atoms with van der Waals surface area (Å²) in [6.07, 6.45) is -4.50. The molecule has 2 amide bonds.